The number of rotatable bonds is 3. The van der Waals surface area contributed by atoms with Crippen LogP contribution in [0.2, 0.25) is 0 Å². The van der Waals surface area contributed by atoms with Gasteiger partial charge in [0, 0.05) is 37.9 Å². The largest absolute Gasteiger partial charge is 0.353 e. The van der Waals surface area contributed by atoms with Gasteiger partial charge in [-0.1, -0.05) is 20.8 Å². The summed E-state index contributed by atoms with van der Waals surface area (Å²) in [5.41, 5.74) is 0.624. The molecule has 1 N–H and O–H groups in total. The van der Waals surface area contributed by atoms with Crippen molar-refractivity contribution in [1.29, 1.82) is 0 Å². The fraction of sp³-hybridized carbons (Fsp3) is 0.588. The van der Waals surface area contributed by atoms with Crippen molar-refractivity contribution in [3.05, 3.63) is 30.1 Å². The number of hydrogen-bond acceptors (Lipinski definition) is 3. The van der Waals surface area contributed by atoms with Gasteiger partial charge in [0.05, 0.1) is 5.56 Å². The fourth-order valence-electron chi connectivity index (χ4n) is 2.66. The molecule has 0 unspecified atom stereocenters. The van der Waals surface area contributed by atoms with E-state index >= 15 is 0 Å². The van der Waals surface area contributed by atoms with Crippen LogP contribution in [0, 0.1) is 5.41 Å². The number of nitrogens with zero attached hydrogens (tertiary/aromatic N) is 2. The molecule has 1 aromatic rings. The van der Waals surface area contributed by atoms with Crippen molar-refractivity contribution in [3.63, 3.8) is 0 Å². The van der Waals surface area contributed by atoms with Crippen LogP contribution < -0.4 is 5.32 Å². The Morgan fingerprint density at radius 3 is 2.55 bits per heavy atom. The first-order valence-corrected chi connectivity index (χ1v) is 7.84. The standard InChI is InChI=1S/C17H25N3O2/c1-17(2,3)11-15(21)19-14-6-9-20(10-7-14)16(22)13-5-4-8-18-12-13/h4-5,8,12,14H,6-7,9-11H2,1-3H3,(H,19,21). The minimum atomic E-state index is 0.00105. The topological polar surface area (TPSA) is 62.3 Å². The minimum Gasteiger partial charge on any atom is -0.353 e. The SMILES string of the molecule is CC(C)(C)CC(=O)NC1CCN(C(=O)c2cccnc2)CC1. The number of nitrogens with one attached hydrogen (secondary N) is 1. The van der Waals surface area contributed by atoms with Gasteiger partial charge in [-0.15, -0.1) is 0 Å². The van der Waals surface area contributed by atoms with Crippen LogP contribution in [0.15, 0.2) is 24.5 Å². The van der Waals surface area contributed by atoms with Gasteiger partial charge in [0.2, 0.25) is 5.91 Å². The molecule has 0 bridgehead atoms. The Hall–Kier alpha value is -1.91. The molecule has 0 aromatic carbocycles. The number of aromatic nitrogens is 1. The molecule has 0 spiro atoms. The molecule has 2 rings (SSSR count). The van der Waals surface area contributed by atoms with E-state index in [1.807, 2.05) is 4.90 Å². The third-order valence-corrected chi connectivity index (χ3v) is 3.75. The van der Waals surface area contributed by atoms with E-state index in [1.54, 1.807) is 24.5 Å². The molecular formula is C17H25N3O2. The lowest BCUT2D eigenvalue weighted by Crippen LogP contribution is -2.47. The number of carbonyl (C=O) groups excluding carboxylic acids is 2. The molecule has 1 saturated heterocycles. The third-order valence-electron chi connectivity index (χ3n) is 3.75. The number of hydrogen-bond donors (Lipinski definition) is 1. The number of amides is 2. The minimum absolute atomic E-state index is 0.00105. The molecule has 5 heteroatoms. The van der Waals surface area contributed by atoms with E-state index in [9.17, 15) is 9.59 Å². The van der Waals surface area contributed by atoms with E-state index in [1.165, 1.54) is 0 Å². The number of piperidine rings is 1. The van der Waals surface area contributed by atoms with Crippen LogP contribution in [0.25, 0.3) is 0 Å². The summed E-state index contributed by atoms with van der Waals surface area (Å²) in [4.78, 5) is 30.1. The summed E-state index contributed by atoms with van der Waals surface area (Å²) < 4.78 is 0. The van der Waals surface area contributed by atoms with Crippen LogP contribution >= 0.6 is 0 Å². The van der Waals surface area contributed by atoms with Crippen LogP contribution in [0.4, 0.5) is 0 Å². The Kier molecular flexibility index (Phi) is 5.16. The highest BCUT2D eigenvalue weighted by atomic mass is 16.2. The maximum Gasteiger partial charge on any atom is 0.255 e. The average Bonchev–Trinajstić information content (AvgIpc) is 2.46. The number of pyridine rings is 1. The molecule has 2 heterocycles. The second kappa shape index (κ2) is 6.90. The molecule has 1 aliphatic heterocycles. The summed E-state index contributed by atoms with van der Waals surface area (Å²) in [5.74, 6) is 0.122. The van der Waals surface area contributed by atoms with Gasteiger partial charge in [0.25, 0.3) is 5.91 Å². The van der Waals surface area contributed by atoms with Crippen molar-refractivity contribution in [2.24, 2.45) is 5.41 Å². The van der Waals surface area contributed by atoms with Crippen molar-refractivity contribution in [3.8, 4) is 0 Å². The van der Waals surface area contributed by atoms with E-state index in [2.05, 4.69) is 31.1 Å². The molecule has 0 aliphatic carbocycles. The Bertz CT molecular complexity index is 514. The lowest BCUT2D eigenvalue weighted by molar-refractivity contribution is -0.123. The normalized spacial score (nSPS) is 16.4. The lowest BCUT2D eigenvalue weighted by Gasteiger charge is -2.33. The summed E-state index contributed by atoms with van der Waals surface area (Å²) in [5, 5.41) is 3.09. The monoisotopic (exact) mass is 303 g/mol. The Morgan fingerprint density at radius 1 is 1.32 bits per heavy atom. The smallest absolute Gasteiger partial charge is 0.255 e. The summed E-state index contributed by atoms with van der Waals surface area (Å²) in [6.45, 7) is 7.52. The van der Waals surface area contributed by atoms with Crippen molar-refractivity contribution in [2.45, 2.75) is 46.1 Å². The summed E-state index contributed by atoms with van der Waals surface area (Å²) >= 11 is 0. The molecule has 1 fully saturated rings. The zero-order valence-electron chi connectivity index (χ0n) is 13.6. The van der Waals surface area contributed by atoms with E-state index < -0.39 is 0 Å². The first-order chi connectivity index (χ1) is 10.3. The van der Waals surface area contributed by atoms with Crippen molar-refractivity contribution < 1.29 is 9.59 Å². The van der Waals surface area contributed by atoms with Gasteiger partial charge in [-0.05, 0) is 30.4 Å². The second-order valence-electron chi connectivity index (χ2n) is 7.11. The van der Waals surface area contributed by atoms with Gasteiger partial charge in [-0.25, -0.2) is 0 Å². The van der Waals surface area contributed by atoms with Gasteiger partial charge < -0.3 is 10.2 Å². The zero-order valence-corrected chi connectivity index (χ0v) is 13.6. The predicted octanol–water partition coefficient (Wildman–Crippen LogP) is 2.24. The Morgan fingerprint density at radius 2 is 2.00 bits per heavy atom. The van der Waals surface area contributed by atoms with Crippen molar-refractivity contribution >= 4 is 11.8 Å². The molecule has 120 valence electrons. The molecule has 0 atom stereocenters. The molecular weight excluding hydrogens is 278 g/mol. The molecule has 22 heavy (non-hydrogen) atoms. The lowest BCUT2D eigenvalue weighted by atomic mass is 9.91. The summed E-state index contributed by atoms with van der Waals surface area (Å²) in [6.07, 6.45) is 5.40. The Labute approximate surface area is 132 Å². The Balaban J connectivity index is 1.81. The highest BCUT2D eigenvalue weighted by molar-refractivity contribution is 5.93. The number of likely N-dealkylation sites (tertiary alicyclic amines) is 1. The van der Waals surface area contributed by atoms with Gasteiger partial charge in [-0.2, -0.15) is 0 Å². The maximum absolute atomic E-state index is 12.3. The van der Waals surface area contributed by atoms with Crippen LogP contribution in [0.5, 0.6) is 0 Å². The molecule has 1 aromatic heterocycles. The highest BCUT2D eigenvalue weighted by Gasteiger charge is 2.25. The first kappa shape index (κ1) is 16.5. The quantitative estimate of drug-likeness (QED) is 0.931. The van der Waals surface area contributed by atoms with E-state index in [-0.39, 0.29) is 23.3 Å². The van der Waals surface area contributed by atoms with Crippen LogP contribution in [0.1, 0.15) is 50.4 Å². The van der Waals surface area contributed by atoms with Crippen LogP contribution in [0.3, 0.4) is 0 Å². The fourth-order valence-corrected chi connectivity index (χ4v) is 2.66. The molecule has 1 aliphatic rings. The highest BCUT2D eigenvalue weighted by Crippen LogP contribution is 2.19. The molecule has 0 radical (unpaired) electrons. The molecule has 2 amide bonds. The van der Waals surface area contributed by atoms with Gasteiger partial charge in [0.15, 0.2) is 0 Å². The van der Waals surface area contributed by atoms with Gasteiger partial charge >= 0.3 is 0 Å². The van der Waals surface area contributed by atoms with E-state index in [4.69, 9.17) is 0 Å². The molecule has 5 nitrogen and oxygen atoms in total. The number of carbonyl (C=O) groups is 2. The first-order valence-electron chi connectivity index (χ1n) is 7.84. The van der Waals surface area contributed by atoms with Crippen molar-refractivity contribution in [1.82, 2.24) is 15.2 Å². The summed E-state index contributed by atoms with van der Waals surface area (Å²) in [6, 6.07) is 3.73. The van der Waals surface area contributed by atoms with E-state index in [0.717, 1.165) is 12.8 Å². The molecule has 0 saturated carbocycles. The van der Waals surface area contributed by atoms with Crippen molar-refractivity contribution in [2.75, 3.05) is 13.1 Å². The second-order valence-corrected chi connectivity index (χ2v) is 7.11. The third kappa shape index (κ3) is 4.83. The average molecular weight is 303 g/mol. The maximum atomic E-state index is 12.3. The van der Waals surface area contributed by atoms with E-state index in [0.29, 0.717) is 25.1 Å². The van der Waals surface area contributed by atoms with Gasteiger partial charge in [-0.3, -0.25) is 14.6 Å². The zero-order chi connectivity index (χ0) is 16.2. The van der Waals surface area contributed by atoms with Gasteiger partial charge in [0.1, 0.15) is 0 Å². The van der Waals surface area contributed by atoms with Crippen LogP contribution in [-0.4, -0.2) is 40.8 Å². The summed E-state index contributed by atoms with van der Waals surface area (Å²) in [7, 11) is 0. The predicted molar refractivity (Wildman–Crippen MR) is 85.4 cm³/mol. The van der Waals surface area contributed by atoms with Crippen LogP contribution in [-0.2, 0) is 4.79 Å².